The van der Waals surface area contributed by atoms with Crippen LogP contribution in [0.2, 0.25) is 0 Å². The Hall–Kier alpha value is -1.40. The van der Waals surface area contributed by atoms with Crippen molar-refractivity contribution in [1.82, 2.24) is 10.2 Å². The Labute approximate surface area is 122 Å². The van der Waals surface area contributed by atoms with E-state index in [1.165, 1.54) is 11.3 Å². The number of carboxylic acids is 1. The van der Waals surface area contributed by atoms with Crippen molar-refractivity contribution in [2.24, 2.45) is 0 Å². The lowest BCUT2D eigenvalue weighted by Crippen LogP contribution is -2.44. The monoisotopic (exact) mass is 296 g/mol. The van der Waals surface area contributed by atoms with Crippen LogP contribution in [0.15, 0.2) is 12.1 Å². The quantitative estimate of drug-likeness (QED) is 0.868. The summed E-state index contributed by atoms with van der Waals surface area (Å²) >= 11 is 1.51. The highest BCUT2D eigenvalue weighted by Crippen LogP contribution is 2.16. The Morgan fingerprint density at radius 2 is 2.10 bits per heavy atom. The van der Waals surface area contributed by atoms with Crippen LogP contribution in [-0.4, -0.2) is 47.6 Å². The molecular weight excluding hydrogens is 276 g/mol. The van der Waals surface area contributed by atoms with Crippen molar-refractivity contribution in [3.63, 3.8) is 0 Å². The van der Waals surface area contributed by atoms with Gasteiger partial charge in [0.1, 0.15) is 0 Å². The summed E-state index contributed by atoms with van der Waals surface area (Å²) in [5.41, 5.74) is 0. The van der Waals surface area contributed by atoms with Gasteiger partial charge in [0, 0.05) is 30.6 Å². The third-order valence-electron chi connectivity index (χ3n) is 3.53. The third kappa shape index (κ3) is 4.31. The van der Waals surface area contributed by atoms with Crippen LogP contribution in [0.5, 0.6) is 0 Å². The van der Waals surface area contributed by atoms with Gasteiger partial charge in [-0.05, 0) is 31.9 Å². The van der Waals surface area contributed by atoms with Crippen LogP contribution in [0.1, 0.15) is 33.8 Å². The molecule has 0 bridgehead atoms. The molecule has 20 heavy (non-hydrogen) atoms. The lowest BCUT2D eigenvalue weighted by atomic mass is 10.0. The third-order valence-corrected chi connectivity index (χ3v) is 4.53. The molecule has 0 unspecified atom stereocenters. The average Bonchev–Trinajstić information content (AvgIpc) is 2.85. The number of hydrogen-bond acceptors (Lipinski definition) is 4. The number of nitrogens with one attached hydrogen (secondary N) is 1. The maximum absolute atomic E-state index is 12.0. The van der Waals surface area contributed by atoms with E-state index in [4.69, 9.17) is 5.11 Å². The standard InChI is InChI=1S/C14H20N2O3S/c1-10-2-3-12(20-10)14(19)15-11-4-7-16(8-5-11)9-6-13(17)18/h2-3,11H,4-9H2,1H3,(H,15,19)(H,17,18). The molecule has 0 aromatic carbocycles. The number of carboxylic acid groups (broad SMARTS) is 1. The normalized spacial score (nSPS) is 17.1. The number of carbonyl (C=O) groups excluding carboxylic acids is 1. The molecule has 5 nitrogen and oxygen atoms in total. The number of rotatable bonds is 5. The predicted molar refractivity (Wildman–Crippen MR) is 78.2 cm³/mol. The van der Waals surface area contributed by atoms with Crippen LogP contribution in [0.3, 0.4) is 0 Å². The van der Waals surface area contributed by atoms with E-state index >= 15 is 0 Å². The number of thiophene rings is 1. The molecule has 1 fully saturated rings. The Morgan fingerprint density at radius 3 is 2.65 bits per heavy atom. The Kier molecular flexibility index (Phi) is 5.14. The van der Waals surface area contributed by atoms with Gasteiger partial charge < -0.3 is 15.3 Å². The van der Waals surface area contributed by atoms with Crippen LogP contribution in [0.25, 0.3) is 0 Å². The first-order valence-electron chi connectivity index (χ1n) is 6.86. The molecule has 0 spiro atoms. The highest BCUT2D eigenvalue weighted by molar-refractivity contribution is 7.13. The van der Waals surface area contributed by atoms with Crippen LogP contribution in [-0.2, 0) is 4.79 Å². The summed E-state index contributed by atoms with van der Waals surface area (Å²) in [5, 5.41) is 11.7. The van der Waals surface area contributed by atoms with Gasteiger partial charge in [0.15, 0.2) is 0 Å². The van der Waals surface area contributed by atoms with Gasteiger partial charge in [-0.1, -0.05) is 0 Å². The highest BCUT2D eigenvalue weighted by Gasteiger charge is 2.21. The Balaban J connectivity index is 1.74. The second-order valence-electron chi connectivity index (χ2n) is 5.14. The second kappa shape index (κ2) is 6.85. The summed E-state index contributed by atoms with van der Waals surface area (Å²) in [5.74, 6) is -0.749. The summed E-state index contributed by atoms with van der Waals surface area (Å²) in [4.78, 5) is 26.6. The number of amides is 1. The van der Waals surface area contributed by atoms with Crippen molar-refractivity contribution < 1.29 is 14.7 Å². The van der Waals surface area contributed by atoms with Crippen molar-refractivity contribution in [1.29, 1.82) is 0 Å². The smallest absolute Gasteiger partial charge is 0.304 e. The molecule has 1 aromatic heterocycles. The minimum atomic E-state index is -0.756. The molecule has 1 aliphatic rings. The number of nitrogens with zero attached hydrogens (tertiary/aromatic N) is 1. The van der Waals surface area contributed by atoms with Crippen molar-refractivity contribution in [3.05, 3.63) is 21.9 Å². The molecule has 2 heterocycles. The zero-order valence-corrected chi connectivity index (χ0v) is 12.4. The molecule has 2 N–H and O–H groups in total. The molecule has 0 radical (unpaired) electrons. The minimum Gasteiger partial charge on any atom is -0.481 e. The first-order valence-corrected chi connectivity index (χ1v) is 7.67. The molecule has 6 heteroatoms. The van der Waals surface area contributed by atoms with Gasteiger partial charge >= 0.3 is 5.97 Å². The molecule has 1 amide bonds. The van der Waals surface area contributed by atoms with E-state index in [1.54, 1.807) is 0 Å². The van der Waals surface area contributed by atoms with Gasteiger partial charge in [0.05, 0.1) is 11.3 Å². The van der Waals surface area contributed by atoms with Gasteiger partial charge in [-0.25, -0.2) is 0 Å². The molecule has 0 atom stereocenters. The number of aryl methyl sites for hydroxylation is 1. The van der Waals surface area contributed by atoms with E-state index in [2.05, 4.69) is 10.2 Å². The lowest BCUT2D eigenvalue weighted by Gasteiger charge is -2.31. The van der Waals surface area contributed by atoms with E-state index in [0.29, 0.717) is 6.54 Å². The fraction of sp³-hybridized carbons (Fsp3) is 0.571. The summed E-state index contributed by atoms with van der Waals surface area (Å²) in [6.45, 7) is 4.28. The largest absolute Gasteiger partial charge is 0.481 e. The van der Waals surface area contributed by atoms with Gasteiger partial charge in [-0.15, -0.1) is 11.3 Å². The van der Waals surface area contributed by atoms with Gasteiger partial charge in [-0.2, -0.15) is 0 Å². The van der Waals surface area contributed by atoms with Crippen LogP contribution < -0.4 is 5.32 Å². The predicted octanol–water partition coefficient (Wildman–Crippen LogP) is 1.73. The molecule has 1 saturated heterocycles. The highest BCUT2D eigenvalue weighted by atomic mass is 32.1. The summed E-state index contributed by atoms with van der Waals surface area (Å²) in [6.07, 6.45) is 1.96. The summed E-state index contributed by atoms with van der Waals surface area (Å²) in [7, 11) is 0. The maximum Gasteiger partial charge on any atom is 0.304 e. The minimum absolute atomic E-state index is 0.00656. The molecule has 0 saturated carbocycles. The Bertz CT molecular complexity index is 479. The van der Waals surface area contributed by atoms with Crippen LogP contribution >= 0.6 is 11.3 Å². The lowest BCUT2D eigenvalue weighted by molar-refractivity contribution is -0.137. The Morgan fingerprint density at radius 1 is 1.40 bits per heavy atom. The fourth-order valence-corrected chi connectivity index (χ4v) is 3.14. The number of piperidine rings is 1. The van der Waals surface area contributed by atoms with Crippen LogP contribution in [0, 0.1) is 6.92 Å². The van der Waals surface area contributed by atoms with E-state index in [9.17, 15) is 9.59 Å². The molecule has 1 aliphatic heterocycles. The van der Waals surface area contributed by atoms with E-state index in [1.807, 2.05) is 19.1 Å². The first-order chi connectivity index (χ1) is 9.54. The maximum atomic E-state index is 12.0. The molecule has 110 valence electrons. The number of carbonyl (C=O) groups is 2. The summed E-state index contributed by atoms with van der Waals surface area (Å²) in [6, 6.07) is 4.01. The van der Waals surface area contributed by atoms with Crippen LogP contribution in [0.4, 0.5) is 0 Å². The van der Waals surface area contributed by atoms with E-state index in [0.717, 1.165) is 35.7 Å². The molecule has 1 aromatic rings. The number of aliphatic carboxylic acids is 1. The zero-order chi connectivity index (χ0) is 14.5. The van der Waals surface area contributed by atoms with Crippen molar-refractivity contribution >= 4 is 23.2 Å². The van der Waals surface area contributed by atoms with Crippen molar-refractivity contribution in [2.45, 2.75) is 32.2 Å². The summed E-state index contributed by atoms with van der Waals surface area (Å²) < 4.78 is 0. The van der Waals surface area contributed by atoms with Gasteiger partial charge in [0.25, 0.3) is 5.91 Å². The van der Waals surface area contributed by atoms with E-state index < -0.39 is 5.97 Å². The fourth-order valence-electron chi connectivity index (χ4n) is 2.37. The zero-order valence-electron chi connectivity index (χ0n) is 11.6. The molecule has 2 rings (SSSR count). The SMILES string of the molecule is Cc1ccc(C(=O)NC2CCN(CCC(=O)O)CC2)s1. The number of hydrogen-bond donors (Lipinski definition) is 2. The average molecular weight is 296 g/mol. The molecule has 0 aliphatic carbocycles. The first kappa shape index (κ1) is 15.0. The topological polar surface area (TPSA) is 69.6 Å². The van der Waals surface area contributed by atoms with Crippen molar-refractivity contribution in [3.8, 4) is 0 Å². The molecular formula is C14H20N2O3S. The van der Waals surface area contributed by atoms with E-state index in [-0.39, 0.29) is 18.4 Å². The van der Waals surface area contributed by atoms with Crippen molar-refractivity contribution in [2.75, 3.05) is 19.6 Å². The second-order valence-corrected chi connectivity index (χ2v) is 6.43. The number of likely N-dealkylation sites (tertiary alicyclic amines) is 1. The van der Waals surface area contributed by atoms with Gasteiger partial charge in [-0.3, -0.25) is 9.59 Å². The van der Waals surface area contributed by atoms with Gasteiger partial charge in [0.2, 0.25) is 0 Å².